The van der Waals surface area contributed by atoms with Crippen molar-refractivity contribution in [1.82, 2.24) is 5.32 Å². The third-order valence-corrected chi connectivity index (χ3v) is 2.58. The number of hydrogen-bond donors (Lipinski definition) is 2. The predicted octanol–water partition coefficient (Wildman–Crippen LogP) is 2.29. The van der Waals surface area contributed by atoms with Crippen LogP contribution in [0.2, 0.25) is 0 Å². The van der Waals surface area contributed by atoms with Gasteiger partial charge in [-0.15, -0.1) is 0 Å². The number of unbranched alkanes of at least 4 members (excludes halogenated alkanes) is 1. The SMILES string of the molecule is CCC(N)NCCCCc1ccccc1. The molecule has 2 nitrogen and oxygen atoms in total. The van der Waals surface area contributed by atoms with Crippen molar-refractivity contribution >= 4 is 0 Å². The van der Waals surface area contributed by atoms with Crippen molar-refractivity contribution in [1.29, 1.82) is 0 Å². The van der Waals surface area contributed by atoms with Gasteiger partial charge in [0.05, 0.1) is 6.17 Å². The molecule has 0 saturated carbocycles. The van der Waals surface area contributed by atoms with E-state index < -0.39 is 0 Å². The molecule has 0 aliphatic carbocycles. The van der Waals surface area contributed by atoms with Crippen LogP contribution in [0, 0.1) is 0 Å². The van der Waals surface area contributed by atoms with Gasteiger partial charge in [0.25, 0.3) is 0 Å². The van der Waals surface area contributed by atoms with Gasteiger partial charge in [-0.05, 0) is 37.8 Å². The first-order valence-corrected chi connectivity index (χ1v) is 5.86. The normalized spacial score (nSPS) is 12.7. The Labute approximate surface area is 92.9 Å². The first-order chi connectivity index (χ1) is 7.33. The van der Waals surface area contributed by atoms with Crippen LogP contribution in [0.4, 0.5) is 0 Å². The van der Waals surface area contributed by atoms with Crippen LogP contribution in [0.25, 0.3) is 0 Å². The molecule has 84 valence electrons. The first kappa shape index (κ1) is 12.2. The maximum Gasteiger partial charge on any atom is 0.0543 e. The lowest BCUT2D eigenvalue weighted by atomic mass is 10.1. The summed E-state index contributed by atoms with van der Waals surface area (Å²) in [6.45, 7) is 3.13. The third kappa shape index (κ3) is 5.55. The van der Waals surface area contributed by atoms with Crippen molar-refractivity contribution in [3.8, 4) is 0 Å². The topological polar surface area (TPSA) is 38.0 Å². The summed E-state index contributed by atoms with van der Waals surface area (Å²) in [5, 5.41) is 3.30. The number of nitrogens with one attached hydrogen (secondary N) is 1. The zero-order valence-electron chi connectivity index (χ0n) is 9.58. The van der Waals surface area contributed by atoms with Gasteiger partial charge in [0.2, 0.25) is 0 Å². The van der Waals surface area contributed by atoms with Crippen LogP contribution >= 0.6 is 0 Å². The molecule has 0 saturated heterocycles. The van der Waals surface area contributed by atoms with E-state index in [9.17, 15) is 0 Å². The van der Waals surface area contributed by atoms with Crippen molar-refractivity contribution in [2.24, 2.45) is 5.73 Å². The van der Waals surface area contributed by atoms with Crippen LogP contribution < -0.4 is 11.1 Å². The van der Waals surface area contributed by atoms with E-state index in [2.05, 4.69) is 42.6 Å². The Morgan fingerprint density at radius 2 is 1.93 bits per heavy atom. The average Bonchev–Trinajstić information content (AvgIpc) is 2.29. The van der Waals surface area contributed by atoms with Crippen LogP contribution in [0.15, 0.2) is 30.3 Å². The molecule has 0 aliphatic heterocycles. The summed E-state index contributed by atoms with van der Waals surface area (Å²) in [5.41, 5.74) is 7.18. The van der Waals surface area contributed by atoms with Crippen molar-refractivity contribution in [3.05, 3.63) is 35.9 Å². The summed E-state index contributed by atoms with van der Waals surface area (Å²) >= 11 is 0. The van der Waals surface area contributed by atoms with Gasteiger partial charge < -0.3 is 11.1 Å². The molecule has 1 atom stereocenters. The highest BCUT2D eigenvalue weighted by atomic mass is 15.0. The van der Waals surface area contributed by atoms with Gasteiger partial charge >= 0.3 is 0 Å². The van der Waals surface area contributed by atoms with E-state index in [1.54, 1.807) is 0 Å². The van der Waals surface area contributed by atoms with Gasteiger partial charge in [-0.2, -0.15) is 0 Å². The van der Waals surface area contributed by atoms with E-state index >= 15 is 0 Å². The van der Waals surface area contributed by atoms with Crippen LogP contribution in [-0.4, -0.2) is 12.7 Å². The Bertz CT molecular complexity index is 246. The molecule has 0 aliphatic rings. The Morgan fingerprint density at radius 3 is 2.60 bits per heavy atom. The molecule has 1 aromatic rings. The molecule has 0 amide bonds. The molecular weight excluding hydrogens is 184 g/mol. The second kappa shape index (κ2) is 7.43. The standard InChI is InChI=1S/C13H22N2/c1-2-13(14)15-11-7-6-10-12-8-4-3-5-9-12/h3-5,8-9,13,15H,2,6-7,10-11,14H2,1H3. The highest BCUT2D eigenvalue weighted by molar-refractivity contribution is 5.14. The minimum atomic E-state index is 0.168. The molecule has 15 heavy (non-hydrogen) atoms. The largest absolute Gasteiger partial charge is 0.316 e. The molecule has 1 unspecified atom stereocenters. The smallest absolute Gasteiger partial charge is 0.0543 e. The van der Waals surface area contributed by atoms with Gasteiger partial charge in [-0.1, -0.05) is 37.3 Å². The molecule has 3 N–H and O–H groups in total. The fourth-order valence-electron chi connectivity index (χ4n) is 1.53. The van der Waals surface area contributed by atoms with Crippen LogP contribution in [-0.2, 0) is 6.42 Å². The quantitative estimate of drug-likeness (QED) is 0.530. The Hall–Kier alpha value is -0.860. The summed E-state index contributed by atoms with van der Waals surface area (Å²) in [6, 6.07) is 10.6. The molecule has 1 aromatic carbocycles. The molecule has 0 aromatic heterocycles. The average molecular weight is 206 g/mol. The third-order valence-electron chi connectivity index (χ3n) is 2.58. The van der Waals surface area contributed by atoms with Crippen molar-refractivity contribution in [2.75, 3.05) is 6.54 Å². The van der Waals surface area contributed by atoms with E-state index in [0.717, 1.165) is 13.0 Å². The lowest BCUT2D eigenvalue weighted by Gasteiger charge is -2.10. The zero-order chi connectivity index (χ0) is 10.9. The van der Waals surface area contributed by atoms with Crippen molar-refractivity contribution in [2.45, 2.75) is 38.8 Å². The first-order valence-electron chi connectivity index (χ1n) is 5.86. The van der Waals surface area contributed by atoms with E-state index in [1.807, 2.05) is 0 Å². The number of benzene rings is 1. The number of hydrogen-bond acceptors (Lipinski definition) is 2. The number of aryl methyl sites for hydroxylation is 1. The predicted molar refractivity (Wildman–Crippen MR) is 65.6 cm³/mol. The Balaban J connectivity index is 2.03. The number of rotatable bonds is 7. The monoisotopic (exact) mass is 206 g/mol. The fraction of sp³-hybridized carbons (Fsp3) is 0.538. The highest BCUT2D eigenvalue weighted by Crippen LogP contribution is 2.03. The lowest BCUT2D eigenvalue weighted by molar-refractivity contribution is 0.499. The summed E-state index contributed by atoms with van der Waals surface area (Å²) in [4.78, 5) is 0. The van der Waals surface area contributed by atoms with Crippen molar-refractivity contribution < 1.29 is 0 Å². The Morgan fingerprint density at radius 1 is 1.20 bits per heavy atom. The van der Waals surface area contributed by atoms with E-state index in [0.29, 0.717) is 0 Å². The summed E-state index contributed by atoms with van der Waals surface area (Å²) < 4.78 is 0. The molecule has 2 heteroatoms. The second-order valence-corrected chi connectivity index (χ2v) is 3.91. The summed E-state index contributed by atoms with van der Waals surface area (Å²) in [5.74, 6) is 0. The van der Waals surface area contributed by atoms with Gasteiger partial charge in [0, 0.05) is 0 Å². The summed E-state index contributed by atoms with van der Waals surface area (Å²) in [7, 11) is 0. The van der Waals surface area contributed by atoms with E-state index in [1.165, 1.54) is 24.8 Å². The van der Waals surface area contributed by atoms with Gasteiger partial charge in [0.15, 0.2) is 0 Å². The minimum absolute atomic E-state index is 0.168. The molecule has 0 radical (unpaired) electrons. The molecular formula is C13H22N2. The molecule has 0 spiro atoms. The van der Waals surface area contributed by atoms with E-state index in [-0.39, 0.29) is 6.17 Å². The van der Waals surface area contributed by atoms with Crippen LogP contribution in [0.1, 0.15) is 31.7 Å². The molecule has 0 bridgehead atoms. The Kier molecular flexibility index (Phi) is 6.05. The molecule has 0 heterocycles. The highest BCUT2D eigenvalue weighted by Gasteiger charge is 1.96. The van der Waals surface area contributed by atoms with Gasteiger partial charge in [0.1, 0.15) is 0 Å². The zero-order valence-corrected chi connectivity index (χ0v) is 9.58. The van der Waals surface area contributed by atoms with Gasteiger partial charge in [-0.3, -0.25) is 0 Å². The second-order valence-electron chi connectivity index (χ2n) is 3.91. The van der Waals surface area contributed by atoms with E-state index in [4.69, 9.17) is 5.73 Å². The summed E-state index contributed by atoms with van der Waals surface area (Å²) in [6.07, 6.45) is 4.76. The van der Waals surface area contributed by atoms with Gasteiger partial charge in [-0.25, -0.2) is 0 Å². The molecule has 1 rings (SSSR count). The maximum absolute atomic E-state index is 5.76. The van der Waals surface area contributed by atoms with Crippen molar-refractivity contribution in [3.63, 3.8) is 0 Å². The lowest BCUT2D eigenvalue weighted by Crippen LogP contribution is -2.37. The fourth-order valence-corrected chi connectivity index (χ4v) is 1.53. The maximum atomic E-state index is 5.76. The minimum Gasteiger partial charge on any atom is -0.316 e. The number of nitrogens with two attached hydrogens (primary N) is 1. The van der Waals surface area contributed by atoms with Crippen LogP contribution in [0.5, 0.6) is 0 Å². The molecule has 0 fully saturated rings. The van der Waals surface area contributed by atoms with Crippen LogP contribution in [0.3, 0.4) is 0 Å².